The first-order valence-corrected chi connectivity index (χ1v) is 8.61. The predicted molar refractivity (Wildman–Crippen MR) is 101 cm³/mol. The molecule has 27 heavy (non-hydrogen) atoms. The summed E-state index contributed by atoms with van der Waals surface area (Å²) in [6.45, 7) is 0.380. The molecule has 1 N–H and O–H groups in total. The Morgan fingerprint density at radius 3 is 2.74 bits per heavy atom. The van der Waals surface area contributed by atoms with Crippen molar-refractivity contribution in [3.05, 3.63) is 64.3 Å². The molecular formula is C18H18ClN5O3. The molecule has 0 fully saturated rings. The molecule has 2 heterocycles. The summed E-state index contributed by atoms with van der Waals surface area (Å²) in [7, 11) is 1.65. The number of carbonyl (C=O) groups excluding carboxylic acids is 1. The van der Waals surface area contributed by atoms with E-state index in [0.29, 0.717) is 16.6 Å². The average molecular weight is 388 g/mol. The van der Waals surface area contributed by atoms with E-state index in [-0.39, 0.29) is 31.3 Å². The molecule has 0 aliphatic rings. The van der Waals surface area contributed by atoms with Gasteiger partial charge in [0.2, 0.25) is 0 Å². The molecule has 0 bridgehead atoms. The molecule has 140 valence electrons. The lowest BCUT2D eigenvalue weighted by atomic mass is 10.3. The monoisotopic (exact) mass is 387 g/mol. The minimum atomic E-state index is -0.290. The molecule has 0 radical (unpaired) electrons. The van der Waals surface area contributed by atoms with Gasteiger partial charge in [-0.3, -0.25) is 14.3 Å². The normalized spacial score (nSPS) is 10.6. The second kappa shape index (κ2) is 8.50. The molecule has 0 saturated carbocycles. The van der Waals surface area contributed by atoms with Crippen molar-refractivity contribution in [1.29, 1.82) is 0 Å². The number of hydrogen-bond acceptors (Lipinski definition) is 5. The lowest BCUT2D eigenvalue weighted by molar-refractivity contribution is -0.123. The van der Waals surface area contributed by atoms with E-state index in [9.17, 15) is 9.59 Å². The third-order valence-electron chi connectivity index (χ3n) is 3.79. The Kier molecular flexibility index (Phi) is 5.87. The zero-order valence-corrected chi connectivity index (χ0v) is 15.4. The summed E-state index contributed by atoms with van der Waals surface area (Å²) in [5.74, 6) is 0.781. The van der Waals surface area contributed by atoms with E-state index in [4.69, 9.17) is 16.3 Å². The smallest absolute Gasteiger partial charge is 0.345 e. The van der Waals surface area contributed by atoms with Crippen LogP contribution in [0.2, 0.25) is 5.02 Å². The molecular weight excluding hydrogens is 370 g/mol. The van der Waals surface area contributed by atoms with Gasteiger partial charge in [0.05, 0.1) is 6.54 Å². The van der Waals surface area contributed by atoms with Crippen LogP contribution in [0.5, 0.6) is 5.75 Å². The number of ether oxygens (including phenoxy) is 1. The van der Waals surface area contributed by atoms with Gasteiger partial charge in [-0.15, -0.1) is 5.10 Å². The van der Waals surface area contributed by atoms with E-state index in [0.717, 1.165) is 5.56 Å². The van der Waals surface area contributed by atoms with Crippen LogP contribution in [-0.2, 0) is 18.4 Å². The maximum absolute atomic E-state index is 12.3. The predicted octanol–water partition coefficient (Wildman–Crippen LogP) is 1.49. The zero-order valence-electron chi connectivity index (χ0n) is 14.6. The third kappa shape index (κ3) is 4.73. The van der Waals surface area contributed by atoms with Gasteiger partial charge in [-0.05, 0) is 36.4 Å². The molecule has 0 unspecified atom stereocenters. The highest BCUT2D eigenvalue weighted by Gasteiger charge is 2.12. The maximum atomic E-state index is 12.3. The largest absolute Gasteiger partial charge is 0.484 e. The van der Waals surface area contributed by atoms with Crippen LogP contribution in [0.15, 0.2) is 53.6 Å². The first-order chi connectivity index (χ1) is 13.0. The van der Waals surface area contributed by atoms with Crippen molar-refractivity contribution in [2.45, 2.75) is 6.54 Å². The Hall–Kier alpha value is -3.13. The molecule has 0 atom stereocenters. The SMILES string of the molecule is Cn1c(-c2cccnc2)nn(CCNC(=O)COc2ccc(Cl)cc2)c1=O. The van der Waals surface area contributed by atoms with Gasteiger partial charge in [-0.2, -0.15) is 0 Å². The van der Waals surface area contributed by atoms with Crippen LogP contribution in [0, 0.1) is 0 Å². The summed E-state index contributed by atoms with van der Waals surface area (Å²) in [6, 6.07) is 10.3. The average Bonchev–Trinajstić information content (AvgIpc) is 2.97. The molecule has 2 aromatic heterocycles. The van der Waals surface area contributed by atoms with Gasteiger partial charge in [0.1, 0.15) is 5.75 Å². The van der Waals surface area contributed by atoms with E-state index >= 15 is 0 Å². The van der Waals surface area contributed by atoms with E-state index in [1.165, 1.54) is 9.25 Å². The van der Waals surface area contributed by atoms with Crippen LogP contribution in [0.4, 0.5) is 0 Å². The molecule has 0 aliphatic carbocycles. The van der Waals surface area contributed by atoms with Crippen molar-refractivity contribution in [1.82, 2.24) is 24.6 Å². The summed E-state index contributed by atoms with van der Waals surface area (Å²) in [5.41, 5.74) is 0.483. The number of halogens is 1. The quantitative estimate of drug-likeness (QED) is 0.663. The van der Waals surface area contributed by atoms with Gasteiger partial charge in [-0.25, -0.2) is 9.48 Å². The number of rotatable bonds is 7. The van der Waals surface area contributed by atoms with Gasteiger partial charge in [-0.1, -0.05) is 11.6 Å². The Morgan fingerprint density at radius 2 is 2.04 bits per heavy atom. The van der Waals surface area contributed by atoms with Crippen molar-refractivity contribution in [3.63, 3.8) is 0 Å². The van der Waals surface area contributed by atoms with Gasteiger partial charge in [0, 0.05) is 36.6 Å². The number of nitrogens with zero attached hydrogens (tertiary/aromatic N) is 4. The topological polar surface area (TPSA) is 91.0 Å². The summed E-state index contributed by atoms with van der Waals surface area (Å²) < 4.78 is 8.12. The van der Waals surface area contributed by atoms with Gasteiger partial charge < -0.3 is 10.1 Å². The molecule has 3 aromatic rings. The number of pyridine rings is 1. The van der Waals surface area contributed by atoms with Gasteiger partial charge in [0.15, 0.2) is 12.4 Å². The highest BCUT2D eigenvalue weighted by Crippen LogP contribution is 2.15. The van der Waals surface area contributed by atoms with Crippen LogP contribution < -0.4 is 15.7 Å². The summed E-state index contributed by atoms with van der Waals surface area (Å²) in [6.07, 6.45) is 3.29. The van der Waals surface area contributed by atoms with Crippen molar-refractivity contribution in [2.75, 3.05) is 13.2 Å². The Bertz CT molecular complexity index is 967. The third-order valence-corrected chi connectivity index (χ3v) is 4.04. The minimum Gasteiger partial charge on any atom is -0.484 e. The standard InChI is InChI=1S/C18H18ClN5O3/c1-23-17(13-3-2-8-20-11-13)22-24(18(23)26)10-9-21-16(25)12-27-15-6-4-14(19)5-7-15/h2-8,11H,9-10,12H2,1H3,(H,21,25). The Balaban J connectivity index is 1.52. The molecule has 0 spiro atoms. The van der Waals surface area contributed by atoms with E-state index < -0.39 is 0 Å². The molecule has 0 aliphatic heterocycles. The summed E-state index contributed by atoms with van der Waals surface area (Å²) in [5, 5.41) is 7.60. The maximum Gasteiger partial charge on any atom is 0.345 e. The van der Waals surface area contributed by atoms with E-state index in [1.54, 1.807) is 49.8 Å². The van der Waals surface area contributed by atoms with Crippen molar-refractivity contribution in [3.8, 4) is 17.1 Å². The Labute approximate surface area is 160 Å². The number of aromatic nitrogens is 4. The van der Waals surface area contributed by atoms with Crippen LogP contribution in [0.1, 0.15) is 0 Å². The highest BCUT2D eigenvalue weighted by atomic mass is 35.5. The van der Waals surface area contributed by atoms with Crippen molar-refractivity contribution >= 4 is 17.5 Å². The Morgan fingerprint density at radius 1 is 1.26 bits per heavy atom. The van der Waals surface area contributed by atoms with Crippen molar-refractivity contribution in [2.24, 2.45) is 7.05 Å². The highest BCUT2D eigenvalue weighted by molar-refractivity contribution is 6.30. The number of nitrogens with one attached hydrogen (secondary N) is 1. The fraction of sp³-hybridized carbons (Fsp3) is 0.222. The number of benzene rings is 1. The number of carbonyl (C=O) groups is 1. The molecule has 9 heteroatoms. The lowest BCUT2D eigenvalue weighted by Gasteiger charge is -2.07. The second-order valence-electron chi connectivity index (χ2n) is 5.72. The summed E-state index contributed by atoms with van der Waals surface area (Å²) in [4.78, 5) is 28.2. The first-order valence-electron chi connectivity index (χ1n) is 8.24. The minimum absolute atomic E-state index is 0.125. The van der Waals surface area contributed by atoms with Crippen LogP contribution in [0.25, 0.3) is 11.4 Å². The number of hydrogen-bond donors (Lipinski definition) is 1. The van der Waals surface area contributed by atoms with Gasteiger partial charge in [0.25, 0.3) is 5.91 Å². The summed E-state index contributed by atoms with van der Waals surface area (Å²) >= 11 is 5.79. The zero-order chi connectivity index (χ0) is 19.2. The van der Waals surface area contributed by atoms with Crippen LogP contribution >= 0.6 is 11.6 Å². The van der Waals surface area contributed by atoms with Crippen molar-refractivity contribution < 1.29 is 9.53 Å². The molecule has 0 saturated heterocycles. The fourth-order valence-corrected chi connectivity index (χ4v) is 2.54. The van der Waals surface area contributed by atoms with E-state index in [2.05, 4.69) is 15.4 Å². The van der Waals surface area contributed by atoms with Crippen LogP contribution in [0.3, 0.4) is 0 Å². The fourth-order valence-electron chi connectivity index (χ4n) is 2.41. The molecule has 3 rings (SSSR count). The van der Waals surface area contributed by atoms with Crippen LogP contribution in [-0.4, -0.2) is 38.4 Å². The molecule has 8 nitrogen and oxygen atoms in total. The number of amides is 1. The lowest BCUT2D eigenvalue weighted by Crippen LogP contribution is -2.34. The second-order valence-corrected chi connectivity index (χ2v) is 6.16. The molecule has 1 amide bonds. The van der Waals surface area contributed by atoms with E-state index in [1.807, 2.05) is 6.07 Å². The molecule has 1 aromatic carbocycles. The van der Waals surface area contributed by atoms with Gasteiger partial charge >= 0.3 is 5.69 Å². The first kappa shape index (κ1) is 18.7.